The van der Waals surface area contributed by atoms with Crippen LogP contribution in [0.25, 0.3) is 11.5 Å². The minimum atomic E-state index is -0.232. The van der Waals surface area contributed by atoms with Gasteiger partial charge in [0.25, 0.3) is 0 Å². The molecule has 1 aromatic heterocycles. The van der Waals surface area contributed by atoms with Gasteiger partial charge in [-0.05, 0) is 24.6 Å². The third-order valence-corrected chi connectivity index (χ3v) is 2.61. The van der Waals surface area contributed by atoms with E-state index in [4.69, 9.17) is 14.9 Å². The van der Waals surface area contributed by atoms with E-state index in [2.05, 4.69) is 15.5 Å². The minimum Gasteiger partial charge on any atom is -0.423 e. The highest BCUT2D eigenvalue weighted by Gasteiger charge is 2.09. The molecule has 20 heavy (non-hydrogen) atoms. The zero-order chi connectivity index (χ0) is 14.4. The zero-order valence-electron chi connectivity index (χ0n) is 11.1. The monoisotopic (exact) mass is 276 g/mol. The van der Waals surface area contributed by atoms with Gasteiger partial charge in [0.2, 0.25) is 18.2 Å². The second-order valence-electron chi connectivity index (χ2n) is 4.16. The average Bonchev–Trinajstić information content (AvgIpc) is 2.95. The molecule has 0 aliphatic carbocycles. The van der Waals surface area contributed by atoms with Crippen molar-refractivity contribution in [3.8, 4) is 11.5 Å². The molecule has 1 heterocycles. The number of anilines is 1. The fraction of sp³-hybridized carbons (Fsp3) is 0.308. The number of hydrogen-bond acceptors (Lipinski definition) is 6. The number of aryl methyl sites for hydroxylation is 1. The lowest BCUT2D eigenvalue weighted by atomic mass is 10.1. The summed E-state index contributed by atoms with van der Waals surface area (Å²) in [4.78, 5) is 11.7. The molecule has 0 saturated carbocycles. The number of benzene rings is 1. The Labute approximate surface area is 116 Å². The number of rotatable bonds is 6. The molecule has 106 valence electrons. The van der Waals surface area contributed by atoms with Gasteiger partial charge in [-0.3, -0.25) is 4.79 Å². The molecule has 7 heteroatoms. The lowest BCUT2D eigenvalue weighted by molar-refractivity contribution is -0.120. The molecule has 0 spiro atoms. The highest BCUT2D eigenvalue weighted by Crippen LogP contribution is 2.23. The largest absolute Gasteiger partial charge is 0.423 e. The minimum absolute atomic E-state index is 0.0264. The van der Waals surface area contributed by atoms with Crippen LogP contribution >= 0.6 is 0 Å². The maximum Gasteiger partial charge on any atom is 0.250 e. The molecule has 2 aromatic rings. The van der Waals surface area contributed by atoms with Crippen LogP contribution in [0.1, 0.15) is 5.56 Å². The number of nitrogens with one attached hydrogen (secondary N) is 1. The van der Waals surface area contributed by atoms with Crippen LogP contribution in [0.15, 0.2) is 29.0 Å². The smallest absolute Gasteiger partial charge is 0.250 e. The van der Waals surface area contributed by atoms with Crippen LogP contribution in [-0.2, 0) is 9.53 Å². The van der Waals surface area contributed by atoms with Crippen LogP contribution in [0.2, 0.25) is 0 Å². The molecular weight excluding hydrogens is 260 g/mol. The van der Waals surface area contributed by atoms with Crippen molar-refractivity contribution in [2.45, 2.75) is 6.92 Å². The Morgan fingerprint density at radius 1 is 1.50 bits per heavy atom. The van der Waals surface area contributed by atoms with E-state index in [0.29, 0.717) is 24.7 Å². The fourth-order valence-electron chi connectivity index (χ4n) is 1.62. The molecule has 0 bridgehead atoms. The molecule has 0 unspecified atom stereocenters. The molecule has 0 aliphatic rings. The number of nitrogens with two attached hydrogens (primary N) is 1. The topological polar surface area (TPSA) is 103 Å². The molecule has 0 fully saturated rings. The maximum atomic E-state index is 11.7. The number of amides is 1. The van der Waals surface area contributed by atoms with Crippen molar-refractivity contribution in [2.75, 3.05) is 25.1 Å². The summed E-state index contributed by atoms with van der Waals surface area (Å²) in [7, 11) is 0. The van der Waals surface area contributed by atoms with Gasteiger partial charge in [-0.25, -0.2) is 0 Å². The Balaban J connectivity index is 2.07. The summed E-state index contributed by atoms with van der Waals surface area (Å²) in [5, 5.41) is 10.2. The van der Waals surface area contributed by atoms with Crippen molar-refractivity contribution in [3.05, 3.63) is 30.2 Å². The summed E-state index contributed by atoms with van der Waals surface area (Å²) < 4.78 is 10.2. The molecular formula is C13H16N4O3. The quantitative estimate of drug-likeness (QED) is 0.762. The van der Waals surface area contributed by atoms with Crippen molar-refractivity contribution >= 4 is 11.6 Å². The van der Waals surface area contributed by atoms with E-state index in [-0.39, 0.29) is 12.5 Å². The molecule has 0 radical (unpaired) electrons. The van der Waals surface area contributed by atoms with Gasteiger partial charge in [-0.1, -0.05) is 6.07 Å². The molecule has 0 saturated heterocycles. The third kappa shape index (κ3) is 3.62. The Hall–Kier alpha value is -2.25. The van der Waals surface area contributed by atoms with Crippen LogP contribution in [0.5, 0.6) is 0 Å². The first-order valence-corrected chi connectivity index (χ1v) is 6.15. The number of carbonyl (C=O) groups is 1. The Kier molecular flexibility index (Phi) is 4.80. The highest BCUT2D eigenvalue weighted by molar-refractivity contribution is 5.93. The number of aromatic nitrogens is 2. The Bertz CT molecular complexity index is 569. The summed E-state index contributed by atoms with van der Waals surface area (Å²) in [6, 6.07) is 5.50. The molecule has 7 nitrogen and oxygen atoms in total. The predicted molar refractivity (Wildman–Crippen MR) is 73.0 cm³/mol. The summed E-state index contributed by atoms with van der Waals surface area (Å²) in [5.74, 6) is 0.170. The standard InChI is InChI=1S/C13H16N4O3/c1-9-2-3-10(13-17-15-8-20-13)6-11(9)16-12(18)7-19-5-4-14/h2-3,6,8H,4-5,7,14H2,1H3,(H,16,18). The summed E-state index contributed by atoms with van der Waals surface area (Å²) in [5.41, 5.74) is 7.64. The van der Waals surface area contributed by atoms with Gasteiger partial charge in [-0.15, -0.1) is 10.2 Å². The zero-order valence-corrected chi connectivity index (χ0v) is 11.1. The van der Waals surface area contributed by atoms with Crippen LogP contribution in [0.3, 0.4) is 0 Å². The van der Waals surface area contributed by atoms with Crippen molar-refractivity contribution in [3.63, 3.8) is 0 Å². The highest BCUT2D eigenvalue weighted by atomic mass is 16.5. The van der Waals surface area contributed by atoms with Gasteiger partial charge < -0.3 is 20.2 Å². The average molecular weight is 276 g/mol. The van der Waals surface area contributed by atoms with E-state index in [1.165, 1.54) is 6.39 Å². The van der Waals surface area contributed by atoms with Gasteiger partial charge in [-0.2, -0.15) is 0 Å². The molecule has 3 N–H and O–H groups in total. The second kappa shape index (κ2) is 6.78. The molecule has 0 atom stereocenters. The van der Waals surface area contributed by atoms with Crippen LogP contribution < -0.4 is 11.1 Å². The van der Waals surface area contributed by atoms with Crippen molar-refractivity contribution < 1.29 is 13.9 Å². The molecule has 2 rings (SSSR count). The van der Waals surface area contributed by atoms with Gasteiger partial charge in [0.1, 0.15) is 6.61 Å². The Morgan fingerprint density at radius 2 is 2.35 bits per heavy atom. The normalized spacial score (nSPS) is 10.5. The Morgan fingerprint density at radius 3 is 3.05 bits per heavy atom. The first-order chi connectivity index (χ1) is 9.70. The molecule has 0 aliphatic heterocycles. The van der Waals surface area contributed by atoms with E-state index in [9.17, 15) is 4.79 Å². The number of nitrogens with zero attached hydrogens (tertiary/aromatic N) is 2. The second-order valence-corrected chi connectivity index (χ2v) is 4.16. The van der Waals surface area contributed by atoms with Gasteiger partial charge in [0.05, 0.1) is 6.61 Å². The van der Waals surface area contributed by atoms with Gasteiger partial charge >= 0.3 is 0 Å². The fourth-order valence-corrected chi connectivity index (χ4v) is 1.62. The lowest BCUT2D eigenvalue weighted by Gasteiger charge is -2.09. The molecule has 1 amide bonds. The first kappa shape index (κ1) is 14.2. The van der Waals surface area contributed by atoms with Crippen LogP contribution in [0.4, 0.5) is 5.69 Å². The first-order valence-electron chi connectivity index (χ1n) is 6.15. The summed E-state index contributed by atoms with van der Waals surface area (Å²) >= 11 is 0. The van der Waals surface area contributed by atoms with E-state index in [1.54, 1.807) is 6.07 Å². The lowest BCUT2D eigenvalue weighted by Crippen LogP contribution is -2.21. The van der Waals surface area contributed by atoms with E-state index in [0.717, 1.165) is 11.1 Å². The summed E-state index contributed by atoms with van der Waals surface area (Å²) in [6.07, 6.45) is 1.26. The van der Waals surface area contributed by atoms with Crippen molar-refractivity contribution in [2.24, 2.45) is 5.73 Å². The number of ether oxygens (including phenoxy) is 1. The molecule has 1 aromatic carbocycles. The SMILES string of the molecule is Cc1ccc(-c2nnco2)cc1NC(=O)COCCN. The van der Waals surface area contributed by atoms with Gasteiger partial charge in [0, 0.05) is 17.8 Å². The summed E-state index contributed by atoms with van der Waals surface area (Å²) in [6.45, 7) is 2.61. The number of hydrogen-bond donors (Lipinski definition) is 2. The van der Waals surface area contributed by atoms with Crippen LogP contribution in [-0.4, -0.2) is 35.9 Å². The van der Waals surface area contributed by atoms with Crippen molar-refractivity contribution in [1.29, 1.82) is 0 Å². The van der Waals surface area contributed by atoms with E-state index in [1.807, 2.05) is 19.1 Å². The number of carbonyl (C=O) groups excluding carboxylic acids is 1. The van der Waals surface area contributed by atoms with Crippen LogP contribution in [0, 0.1) is 6.92 Å². The predicted octanol–water partition coefficient (Wildman–Crippen LogP) is 0.959. The van der Waals surface area contributed by atoms with Gasteiger partial charge in [0.15, 0.2) is 0 Å². The van der Waals surface area contributed by atoms with E-state index < -0.39 is 0 Å². The third-order valence-electron chi connectivity index (χ3n) is 2.61. The van der Waals surface area contributed by atoms with E-state index >= 15 is 0 Å². The maximum absolute atomic E-state index is 11.7. The van der Waals surface area contributed by atoms with Crippen molar-refractivity contribution in [1.82, 2.24) is 10.2 Å².